The van der Waals surface area contributed by atoms with Gasteiger partial charge in [-0.15, -0.1) is 0 Å². The molecule has 0 spiro atoms. The quantitative estimate of drug-likeness (QED) is 0.516. The molecule has 4 rings (SSSR count). The van der Waals surface area contributed by atoms with Gasteiger partial charge in [-0.05, 0) is 49.6 Å². The van der Waals surface area contributed by atoms with Crippen LogP contribution in [0.5, 0.6) is 0 Å². The molecule has 0 aliphatic heterocycles. The van der Waals surface area contributed by atoms with Gasteiger partial charge in [-0.25, -0.2) is 9.18 Å². The second kappa shape index (κ2) is 8.50. The number of nitrogens with zero attached hydrogens (tertiary/aromatic N) is 1. The lowest BCUT2D eigenvalue weighted by Crippen LogP contribution is -2.58. The molecule has 0 radical (unpaired) electrons. The Morgan fingerprint density at radius 2 is 1.82 bits per heavy atom. The number of amides is 1. The van der Waals surface area contributed by atoms with E-state index in [-0.39, 0.29) is 34.9 Å². The van der Waals surface area contributed by atoms with Gasteiger partial charge in [-0.2, -0.15) is 13.2 Å². The largest absolute Gasteiger partial charge is 0.426 e. The predicted octanol–water partition coefficient (Wildman–Crippen LogP) is 4.77. The first-order valence-electron chi connectivity index (χ1n) is 10.7. The van der Waals surface area contributed by atoms with Crippen LogP contribution in [0.15, 0.2) is 51.8 Å². The molecule has 1 aromatic heterocycles. The summed E-state index contributed by atoms with van der Waals surface area (Å²) < 4.78 is 61.8. The van der Waals surface area contributed by atoms with Gasteiger partial charge in [0, 0.05) is 22.9 Å². The third-order valence-corrected chi connectivity index (χ3v) is 6.60. The maximum atomic E-state index is 14.6. The van der Waals surface area contributed by atoms with E-state index in [0.717, 1.165) is 6.07 Å². The first kappa shape index (κ1) is 23.9. The van der Waals surface area contributed by atoms with Gasteiger partial charge in [-0.3, -0.25) is 4.79 Å². The number of hydrogen-bond donors (Lipinski definition) is 2. The zero-order valence-electron chi connectivity index (χ0n) is 18.2. The van der Waals surface area contributed by atoms with Crippen molar-refractivity contribution in [3.63, 3.8) is 0 Å². The maximum Gasteiger partial charge on any atom is 0.426 e. The van der Waals surface area contributed by atoms with Crippen molar-refractivity contribution >= 4 is 22.4 Å². The van der Waals surface area contributed by atoms with Gasteiger partial charge in [-0.1, -0.05) is 36.2 Å². The highest BCUT2D eigenvalue weighted by molar-refractivity contribution is 5.99. The summed E-state index contributed by atoms with van der Waals surface area (Å²) in [5, 5.41) is 16.9. The lowest BCUT2D eigenvalue weighted by Gasteiger charge is -2.39. The number of fused-ring (bicyclic) bond motifs is 1. The van der Waals surface area contributed by atoms with Crippen LogP contribution >= 0.6 is 0 Å². The minimum absolute atomic E-state index is 0.0575. The molecule has 2 N–H and O–H groups in total. The molecule has 1 heterocycles. The van der Waals surface area contributed by atoms with E-state index < -0.39 is 41.0 Å². The third kappa shape index (κ3) is 4.06. The van der Waals surface area contributed by atoms with E-state index >= 15 is 0 Å². The Kier molecular flexibility index (Phi) is 5.97. The summed E-state index contributed by atoms with van der Waals surface area (Å²) in [5.41, 5.74) is -5.59. The smallest absolute Gasteiger partial charge is 0.373 e. The van der Waals surface area contributed by atoms with E-state index in [9.17, 15) is 32.3 Å². The first-order chi connectivity index (χ1) is 16.0. The first-order valence-corrected chi connectivity index (χ1v) is 10.7. The molecule has 6 nitrogen and oxygen atoms in total. The number of aryl methyl sites for hydroxylation is 1. The minimum atomic E-state index is -5.33. The van der Waals surface area contributed by atoms with Crippen molar-refractivity contribution in [3.8, 4) is 0 Å². The van der Waals surface area contributed by atoms with Crippen molar-refractivity contribution in [2.45, 2.75) is 56.2 Å². The summed E-state index contributed by atoms with van der Waals surface area (Å²) in [4.78, 5) is 24.8. The van der Waals surface area contributed by atoms with Crippen LogP contribution < -0.4 is 10.9 Å². The zero-order chi connectivity index (χ0) is 24.7. The number of anilines is 1. The number of carbonyl (C=O) groups excluding carboxylic acids is 1. The number of rotatable bonds is 5. The molecular weight excluding hydrogens is 456 g/mol. The van der Waals surface area contributed by atoms with Crippen molar-refractivity contribution in [2.24, 2.45) is 0 Å². The van der Waals surface area contributed by atoms with E-state index in [1.54, 1.807) is 0 Å². The number of aliphatic hydroxyl groups is 1. The molecule has 1 aliphatic carbocycles. The third-order valence-electron chi connectivity index (χ3n) is 6.60. The lowest BCUT2D eigenvalue weighted by molar-refractivity contribution is -0.255. The van der Waals surface area contributed by atoms with Gasteiger partial charge >= 0.3 is 11.8 Å². The average molecular weight is 478 g/mol. The molecule has 1 atom stereocenters. The molecule has 10 heteroatoms. The summed E-state index contributed by atoms with van der Waals surface area (Å²) in [6, 6.07) is 9.32. The Hall–Kier alpha value is -3.27. The summed E-state index contributed by atoms with van der Waals surface area (Å²) in [6.07, 6.45) is -4.85. The minimum Gasteiger partial charge on any atom is -0.373 e. The van der Waals surface area contributed by atoms with E-state index in [4.69, 9.17) is 0 Å². The van der Waals surface area contributed by atoms with Crippen molar-refractivity contribution in [1.29, 1.82) is 0 Å². The Labute approximate surface area is 191 Å². The topological polar surface area (TPSA) is 92.4 Å². The fraction of sp³-hybridized carbons (Fsp3) is 0.375. The molecule has 1 saturated carbocycles. The fourth-order valence-electron chi connectivity index (χ4n) is 4.83. The van der Waals surface area contributed by atoms with Gasteiger partial charge in [0.2, 0.25) is 5.60 Å². The van der Waals surface area contributed by atoms with Gasteiger partial charge in [0.05, 0.1) is 11.1 Å². The Balaban J connectivity index is 1.72. The highest BCUT2D eigenvalue weighted by Crippen LogP contribution is 2.50. The zero-order valence-corrected chi connectivity index (χ0v) is 18.2. The fourth-order valence-corrected chi connectivity index (χ4v) is 4.83. The molecule has 34 heavy (non-hydrogen) atoms. The number of alkyl halides is 3. The average Bonchev–Trinajstić information content (AvgIpc) is 3.25. The molecule has 1 aliphatic rings. The standard InChI is InChI=1S/C24H22F4N2O4/c1-14-17-12-15(8-9-16(17)20(31)34-30-14)29-21(32)23(33,24(26,27)28)13-22(10-4-5-11-22)18-6-2-3-7-19(18)25/h2-3,6-9,12,33H,4-5,10-11,13H2,1H3,(H,29,32). The Morgan fingerprint density at radius 1 is 1.15 bits per heavy atom. The Morgan fingerprint density at radius 3 is 2.47 bits per heavy atom. The van der Waals surface area contributed by atoms with Crippen LogP contribution in [0.3, 0.4) is 0 Å². The molecule has 2 aromatic carbocycles. The number of hydrogen-bond acceptors (Lipinski definition) is 5. The van der Waals surface area contributed by atoms with E-state index in [2.05, 4.69) is 15.0 Å². The number of halogens is 4. The van der Waals surface area contributed by atoms with Crippen LogP contribution in [-0.2, 0) is 10.2 Å². The maximum absolute atomic E-state index is 14.6. The van der Waals surface area contributed by atoms with E-state index in [0.29, 0.717) is 18.5 Å². The number of nitrogens with one attached hydrogen (secondary N) is 1. The highest BCUT2D eigenvalue weighted by atomic mass is 19.4. The number of benzene rings is 2. The molecule has 0 bridgehead atoms. The summed E-state index contributed by atoms with van der Waals surface area (Å²) >= 11 is 0. The van der Waals surface area contributed by atoms with Crippen molar-refractivity contribution in [1.82, 2.24) is 5.16 Å². The van der Waals surface area contributed by atoms with Crippen LogP contribution in [0.1, 0.15) is 43.4 Å². The predicted molar refractivity (Wildman–Crippen MR) is 116 cm³/mol. The van der Waals surface area contributed by atoms with Gasteiger partial charge < -0.3 is 14.9 Å². The molecule has 1 fully saturated rings. The van der Waals surface area contributed by atoms with Crippen LogP contribution in [0.25, 0.3) is 10.8 Å². The van der Waals surface area contributed by atoms with Crippen LogP contribution in [0, 0.1) is 12.7 Å². The van der Waals surface area contributed by atoms with Crippen molar-refractivity contribution < 1.29 is 32.0 Å². The monoisotopic (exact) mass is 478 g/mol. The molecule has 3 aromatic rings. The number of carbonyl (C=O) groups is 1. The van der Waals surface area contributed by atoms with Gasteiger partial charge in [0.1, 0.15) is 5.82 Å². The van der Waals surface area contributed by atoms with Crippen molar-refractivity contribution in [3.05, 3.63) is 70.0 Å². The molecule has 180 valence electrons. The number of aromatic nitrogens is 1. The van der Waals surface area contributed by atoms with Crippen LogP contribution in [0.4, 0.5) is 23.2 Å². The molecule has 0 saturated heterocycles. The summed E-state index contributed by atoms with van der Waals surface area (Å²) in [6.45, 7) is 1.53. The molecular formula is C24H22F4N2O4. The lowest BCUT2D eigenvalue weighted by atomic mass is 9.70. The van der Waals surface area contributed by atoms with Crippen LogP contribution in [-0.4, -0.2) is 27.9 Å². The van der Waals surface area contributed by atoms with Gasteiger partial charge in [0.25, 0.3) is 5.91 Å². The summed E-state index contributed by atoms with van der Waals surface area (Å²) in [5.74, 6) is -2.36. The van der Waals surface area contributed by atoms with Gasteiger partial charge in [0.15, 0.2) is 0 Å². The second-order valence-electron chi connectivity index (χ2n) is 8.77. The molecule has 1 unspecified atom stereocenters. The van der Waals surface area contributed by atoms with Crippen molar-refractivity contribution in [2.75, 3.05) is 5.32 Å². The van der Waals surface area contributed by atoms with Crippen LogP contribution in [0.2, 0.25) is 0 Å². The Bertz CT molecular complexity index is 1300. The normalized spacial score (nSPS) is 17.5. The highest BCUT2D eigenvalue weighted by Gasteiger charge is 2.63. The van der Waals surface area contributed by atoms with E-state index in [1.165, 1.54) is 43.3 Å². The second-order valence-corrected chi connectivity index (χ2v) is 8.77. The molecule has 1 amide bonds. The SMILES string of the molecule is Cc1noc(=O)c2ccc(NC(=O)C(O)(CC3(c4ccccc4F)CCCC3)C(F)(F)F)cc12. The summed E-state index contributed by atoms with van der Waals surface area (Å²) in [7, 11) is 0. The van der Waals surface area contributed by atoms with E-state index in [1.807, 2.05) is 0 Å².